The Kier molecular flexibility index (Phi) is 6.51. The van der Waals surface area contributed by atoms with Gasteiger partial charge in [0, 0.05) is 0 Å². The average Bonchev–Trinajstić information content (AvgIpc) is 2.61. The summed E-state index contributed by atoms with van der Waals surface area (Å²) in [5.74, 6) is 1.92. The van der Waals surface area contributed by atoms with Crippen molar-refractivity contribution in [3.8, 4) is 0 Å². The summed E-state index contributed by atoms with van der Waals surface area (Å²) < 4.78 is 13.8. The molecule has 0 unspecified atom stereocenters. The molecule has 0 heterocycles. The first-order valence-corrected chi connectivity index (χ1v) is 10.2. The van der Waals surface area contributed by atoms with Crippen LogP contribution in [0.15, 0.2) is 29.8 Å². The third-order valence-corrected chi connectivity index (χ3v) is 6.28. The fraction of sp³-hybridized carbons (Fsp3) is 0.652. The quantitative estimate of drug-likeness (QED) is 0.373. The maximum atomic E-state index is 13.8. The molecule has 2 aliphatic carbocycles. The highest BCUT2D eigenvalue weighted by Crippen LogP contribution is 2.35. The van der Waals surface area contributed by atoms with E-state index in [1.54, 1.807) is 6.07 Å². The molecule has 0 aliphatic heterocycles. The molecule has 0 aromatic heterocycles. The molecule has 1 heteroatoms. The lowest BCUT2D eigenvalue weighted by molar-refractivity contribution is 0.249. The van der Waals surface area contributed by atoms with Crippen molar-refractivity contribution < 1.29 is 4.39 Å². The highest BCUT2D eigenvalue weighted by atomic mass is 19.1. The molecule has 0 N–H and O–H groups in total. The number of unbranched alkanes of at least 4 members (excludes halogenated alkanes) is 2. The number of halogens is 1. The van der Waals surface area contributed by atoms with E-state index in [1.165, 1.54) is 75.3 Å². The molecule has 0 nitrogen and oxygen atoms in total. The largest absolute Gasteiger partial charge is 0.207 e. The molecule has 0 bridgehead atoms. The standard InChI is InChI=1S/C23H33F/c1-2-3-4-6-18-9-11-19(12-10-18)13-14-20-15-16-22-21(17-20)7-5-8-23(22)24/h5,7-8,15,18-19H,2-4,6,9-14,16-17H2,1H3. The highest BCUT2D eigenvalue weighted by Gasteiger charge is 2.21. The molecule has 1 fully saturated rings. The second-order valence-electron chi connectivity index (χ2n) is 8.04. The van der Waals surface area contributed by atoms with Crippen molar-refractivity contribution in [3.05, 3.63) is 46.8 Å². The van der Waals surface area contributed by atoms with Crippen LogP contribution >= 0.6 is 0 Å². The molecule has 0 atom stereocenters. The molecular weight excluding hydrogens is 295 g/mol. The van der Waals surface area contributed by atoms with E-state index in [9.17, 15) is 4.39 Å². The molecule has 3 rings (SSSR count). The molecule has 132 valence electrons. The summed E-state index contributed by atoms with van der Waals surface area (Å²) in [5, 5.41) is 0. The Morgan fingerprint density at radius 3 is 2.50 bits per heavy atom. The number of hydrogen-bond donors (Lipinski definition) is 0. The predicted octanol–water partition coefficient (Wildman–Crippen LogP) is 7.02. The second kappa shape index (κ2) is 8.83. The van der Waals surface area contributed by atoms with Gasteiger partial charge in [-0.25, -0.2) is 4.39 Å². The van der Waals surface area contributed by atoms with Gasteiger partial charge >= 0.3 is 0 Å². The normalized spacial score (nSPS) is 23.7. The minimum atomic E-state index is -0.0239. The van der Waals surface area contributed by atoms with Gasteiger partial charge in [-0.1, -0.05) is 82.1 Å². The summed E-state index contributed by atoms with van der Waals surface area (Å²) in [6, 6.07) is 5.56. The minimum absolute atomic E-state index is 0.0239. The number of benzene rings is 1. The van der Waals surface area contributed by atoms with E-state index < -0.39 is 0 Å². The van der Waals surface area contributed by atoms with Crippen LogP contribution < -0.4 is 0 Å². The van der Waals surface area contributed by atoms with E-state index in [0.29, 0.717) is 0 Å². The smallest absolute Gasteiger partial charge is 0.126 e. The number of allylic oxidation sites excluding steroid dienone is 2. The first-order valence-electron chi connectivity index (χ1n) is 10.2. The molecule has 0 spiro atoms. The zero-order valence-corrected chi connectivity index (χ0v) is 15.3. The lowest BCUT2D eigenvalue weighted by Gasteiger charge is -2.29. The molecule has 2 aliphatic rings. The Morgan fingerprint density at radius 1 is 1.00 bits per heavy atom. The van der Waals surface area contributed by atoms with E-state index in [0.717, 1.165) is 30.2 Å². The fourth-order valence-electron chi connectivity index (χ4n) is 4.63. The van der Waals surface area contributed by atoms with Crippen LogP contribution in [0.1, 0.15) is 82.3 Å². The van der Waals surface area contributed by atoms with Crippen LogP contribution in [0.25, 0.3) is 0 Å². The first kappa shape index (κ1) is 17.7. The Hall–Kier alpha value is -1.11. The number of hydrogen-bond acceptors (Lipinski definition) is 0. The van der Waals surface area contributed by atoms with Crippen LogP contribution in [0.2, 0.25) is 0 Å². The zero-order valence-electron chi connectivity index (χ0n) is 15.3. The van der Waals surface area contributed by atoms with E-state index in [1.807, 2.05) is 6.07 Å². The highest BCUT2D eigenvalue weighted by molar-refractivity contribution is 5.37. The molecule has 24 heavy (non-hydrogen) atoms. The lowest BCUT2D eigenvalue weighted by Crippen LogP contribution is -2.15. The van der Waals surface area contributed by atoms with Gasteiger partial charge in [-0.3, -0.25) is 0 Å². The van der Waals surface area contributed by atoms with Crippen LogP contribution in [-0.4, -0.2) is 0 Å². The Balaban J connectivity index is 1.39. The Morgan fingerprint density at radius 2 is 1.75 bits per heavy atom. The maximum Gasteiger partial charge on any atom is 0.126 e. The maximum absolute atomic E-state index is 13.8. The van der Waals surface area contributed by atoms with Crippen LogP contribution in [0.5, 0.6) is 0 Å². The summed E-state index contributed by atoms with van der Waals surface area (Å²) >= 11 is 0. The summed E-state index contributed by atoms with van der Waals surface area (Å²) in [5.41, 5.74) is 3.68. The second-order valence-corrected chi connectivity index (χ2v) is 8.04. The number of fused-ring (bicyclic) bond motifs is 1. The van der Waals surface area contributed by atoms with E-state index in [4.69, 9.17) is 0 Å². The average molecular weight is 329 g/mol. The van der Waals surface area contributed by atoms with Gasteiger partial charge in [-0.05, 0) is 54.7 Å². The van der Waals surface area contributed by atoms with Gasteiger partial charge < -0.3 is 0 Å². The van der Waals surface area contributed by atoms with Gasteiger partial charge in [0.15, 0.2) is 0 Å². The summed E-state index contributed by atoms with van der Waals surface area (Å²) in [4.78, 5) is 0. The van der Waals surface area contributed by atoms with Crippen molar-refractivity contribution in [1.82, 2.24) is 0 Å². The van der Waals surface area contributed by atoms with Crippen LogP contribution in [-0.2, 0) is 12.8 Å². The van der Waals surface area contributed by atoms with E-state index in [-0.39, 0.29) is 5.82 Å². The first-order chi connectivity index (χ1) is 11.8. The van der Waals surface area contributed by atoms with E-state index >= 15 is 0 Å². The minimum Gasteiger partial charge on any atom is -0.207 e. The van der Waals surface area contributed by atoms with Crippen LogP contribution in [0.3, 0.4) is 0 Å². The topological polar surface area (TPSA) is 0 Å². The fourth-order valence-corrected chi connectivity index (χ4v) is 4.63. The third kappa shape index (κ3) is 4.71. The lowest BCUT2D eigenvalue weighted by atomic mass is 9.77. The van der Waals surface area contributed by atoms with Gasteiger partial charge in [-0.2, -0.15) is 0 Å². The molecule has 1 aromatic rings. The molecule has 1 aromatic carbocycles. The van der Waals surface area contributed by atoms with Crippen molar-refractivity contribution in [3.63, 3.8) is 0 Å². The summed E-state index contributed by atoms with van der Waals surface area (Å²) in [7, 11) is 0. The van der Waals surface area contributed by atoms with Gasteiger partial charge in [0.2, 0.25) is 0 Å². The van der Waals surface area contributed by atoms with Crippen molar-refractivity contribution in [1.29, 1.82) is 0 Å². The zero-order chi connectivity index (χ0) is 16.8. The number of rotatable bonds is 7. The molecule has 0 radical (unpaired) electrons. The van der Waals surface area contributed by atoms with Crippen molar-refractivity contribution in [2.75, 3.05) is 0 Å². The molecule has 0 amide bonds. The predicted molar refractivity (Wildman–Crippen MR) is 101 cm³/mol. The SMILES string of the molecule is CCCCCC1CCC(CCC2=CCc3c(F)cccc3C2)CC1. The molecule has 0 saturated heterocycles. The summed E-state index contributed by atoms with van der Waals surface area (Å²) in [6.45, 7) is 2.30. The van der Waals surface area contributed by atoms with Gasteiger partial charge in [-0.15, -0.1) is 0 Å². The Bertz CT molecular complexity index is 549. The van der Waals surface area contributed by atoms with Crippen molar-refractivity contribution >= 4 is 0 Å². The molecule has 1 saturated carbocycles. The Labute approximate surface area is 147 Å². The van der Waals surface area contributed by atoms with Gasteiger partial charge in [0.25, 0.3) is 0 Å². The van der Waals surface area contributed by atoms with Crippen LogP contribution in [0, 0.1) is 17.7 Å². The van der Waals surface area contributed by atoms with Crippen molar-refractivity contribution in [2.24, 2.45) is 11.8 Å². The molecular formula is C23H33F. The van der Waals surface area contributed by atoms with Gasteiger partial charge in [0.05, 0.1) is 0 Å². The van der Waals surface area contributed by atoms with Crippen molar-refractivity contribution in [2.45, 2.75) is 84.0 Å². The van der Waals surface area contributed by atoms with Crippen LogP contribution in [0.4, 0.5) is 4.39 Å². The monoisotopic (exact) mass is 328 g/mol. The third-order valence-electron chi connectivity index (χ3n) is 6.28. The van der Waals surface area contributed by atoms with E-state index in [2.05, 4.69) is 19.1 Å². The summed E-state index contributed by atoms with van der Waals surface area (Å²) in [6.07, 6.45) is 18.1. The van der Waals surface area contributed by atoms with Gasteiger partial charge in [0.1, 0.15) is 5.82 Å².